The van der Waals surface area contributed by atoms with Crippen molar-refractivity contribution < 1.29 is 62.5 Å². The first-order valence-electron chi connectivity index (χ1n) is 28.8. The zero-order valence-corrected chi connectivity index (χ0v) is 49.4. The maximum atomic E-state index is 14.9. The molecule has 7 rings (SSSR count). The summed E-state index contributed by atoms with van der Waals surface area (Å²) in [7, 11) is 1.38. The number of hydrogen-bond donors (Lipinski definition) is 2. The second-order valence-electron chi connectivity index (χ2n) is 23.9. The summed E-state index contributed by atoms with van der Waals surface area (Å²) in [4.78, 5) is 58.8. The summed E-state index contributed by atoms with van der Waals surface area (Å²) in [5.41, 5.74) is -0.998. The largest absolute Gasteiger partial charge is 0.469 e. The zero-order chi connectivity index (χ0) is 56.4. The summed E-state index contributed by atoms with van der Waals surface area (Å²) in [5.74, 6) is -6.40. The average Bonchev–Trinajstić information content (AvgIpc) is 3.78. The Morgan fingerprint density at radius 2 is 1.60 bits per heavy atom. The molecule has 2 spiro atoms. The first-order valence-corrected chi connectivity index (χ1v) is 29.5. The van der Waals surface area contributed by atoms with Crippen LogP contribution in [0.15, 0.2) is 36.4 Å². The molecule has 77 heavy (non-hydrogen) atoms. The molecular formula is C60H90Cl2N2O13. The van der Waals surface area contributed by atoms with E-state index in [9.17, 15) is 29.4 Å². The van der Waals surface area contributed by atoms with Gasteiger partial charge in [0.15, 0.2) is 11.9 Å². The number of halogens is 2. The number of hydrogen-bond acceptors (Lipinski definition) is 14. The number of carbonyl (C=O) groups excluding carboxylic acids is 4. The molecule has 1 aromatic carbocycles. The van der Waals surface area contributed by atoms with Gasteiger partial charge in [0.2, 0.25) is 11.7 Å². The number of nitrogens with zero attached hydrogens (tertiary/aromatic N) is 2. The van der Waals surface area contributed by atoms with Crippen molar-refractivity contribution in [3.8, 4) is 0 Å². The molecule has 0 bridgehead atoms. The third-order valence-corrected chi connectivity index (χ3v) is 19.4. The monoisotopic (exact) mass is 1120 g/mol. The highest BCUT2D eigenvalue weighted by atomic mass is 35.5. The number of rotatable bonds is 18. The smallest absolute Gasteiger partial charge is 0.313 e. The van der Waals surface area contributed by atoms with Crippen molar-refractivity contribution in [3.63, 3.8) is 0 Å². The summed E-state index contributed by atoms with van der Waals surface area (Å²) in [5, 5.41) is 24.5. The molecule has 0 aromatic heterocycles. The number of benzene rings is 1. The van der Waals surface area contributed by atoms with Crippen LogP contribution in [0.5, 0.6) is 0 Å². The molecule has 15 nitrogen and oxygen atoms in total. The van der Waals surface area contributed by atoms with Crippen molar-refractivity contribution in [2.45, 2.75) is 206 Å². The number of amides is 1. The number of ketones is 1. The second kappa shape index (κ2) is 25.5. The maximum absolute atomic E-state index is 14.9. The lowest BCUT2D eigenvalue weighted by Gasteiger charge is -2.54. The number of Topliss-reactive ketones (excluding diaryl/α,β-unsaturated/α-hetero) is 1. The molecule has 6 heterocycles. The molecule has 17 heteroatoms. The Bertz CT molecular complexity index is 2290. The van der Waals surface area contributed by atoms with E-state index in [1.165, 1.54) is 14.0 Å². The first-order chi connectivity index (χ1) is 36.4. The lowest BCUT2D eigenvalue weighted by atomic mass is 9.72. The van der Waals surface area contributed by atoms with Crippen molar-refractivity contribution in [3.05, 3.63) is 52.0 Å². The molecule has 1 unspecified atom stereocenters. The minimum atomic E-state index is -1.40. The molecule has 6 aliphatic rings. The Labute approximate surface area is 468 Å². The van der Waals surface area contributed by atoms with Gasteiger partial charge in [0.1, 0.15) is 5.78 Å². The van der Waals surface area contributed by atoms with Crippen molar-refractivity contribution in [2.75, 3.05) is 39.8 Å². The molecule has 6 aliphatic heterocycles. The van der Waals surface area contributed by atoms with Gasteiger partial charge in [0.05, 0.1) is 66.8 Å². The van der Waals surface area contributed by atoms with Crippen LogP contribution in [0.1, 0.15) is 146 Å². The average molecular weight is 1120 g/mol. The summed E-state index contributed by atoms with van der Waals surface area (Å²) in [6.07, 6.45) is 9.24. The van der Waals surface area contributed by atoms with Crippen molar-refractivity contribution in [1.82, 2.24) is 9.80 Å². The van der Waals surface area contributed by atoms with Crippen molar-refractivity contribution in [1.29, 1.82) is 0 Å². The van der Waals surface area contributed by atoms with Crippen LogP contribution < -0.4 is 0 Å². The number of methoxy groups -OCH3 is 1. The summed E-state index contributed by atoms with van der Waals surface area (Å²) < 4.78 is 45.8. The highest BCUT2D eigenvalue weighted by Crippen LogP contribution is 2.55. The molecule has 5 fully saturated rings. The van der Waals surface area contributed by atoms with Gasteiger partial charge in [-0.2, -0.15) is 0 Å². The van der Waals surface area contributed by atoms with Crippen LogP contribution in [-0.2, 0) is 52.3 Å². The van der Waals surface area contributed by atoms with Gasteiger partial charge in [0.25, 0.3) is 0 Å². The molecule has 19 atom stereocenters. The number of aliphatic hydroxyl groups is 2. The van der Waals surface area contributed by atoms with E-state index in [1.54, 1.807) is 37.3 Å². The Balaban J connectivity index is 0.987. The molecule has 2 N–H and O–H groups in total. The Kier molecular flexibility index (Phi) is 20.4. The van der Waals surface area contributed by atoms with Crippen molar-refractivity contribution >= 4 is 52.9 Å². The van der Waals surface area contributed by atoms with E-state index >= 15 is 0 Å². The highest BCUT2D eigenvalue weighted by Gasteiger charge is 2.64. The van der Waals surface area contributed by atoms with E-state index in [1.807, 2.05) is 58.6 Å². The molecule has 1 amide bonds. The van der Waals surface area contributed by atoms with Gasteiger partial charge in [0, 0.05) is 79.8 Å². The standard InChI is InChI=1S/C60H90Cl2N2O13/c1-13-45(55(68)64-30-28-63(29-31-64)34-43(56(69)71-12)18-17-42-19-20-44(61)33-47(42)62)48-21-16-35(4)53(74-48)39(8)51(66)38(7)52(67)46(14-2)54-36(5)32-37(6)59(75-54)25-23-50(73-41(10)65)60(77-59)27-26-57(11,76-60)49-22-24-58(70,15-3)40(9)72-49/h17-20,23,25,33,35-40,43,45-46,48-51,53-54,66,70H,13-16,21-22,24,26-32,34H2,1-12H3/b18-17-/t35-,36-,37+,38-,39-,40-,43?,45+,46-,48+,49+,50+,51+,53+,54-,57-,58+,59-,60-/m0/s1. The zero-order valence-electron chi connectivity index (χ0n) is 47.8. The van der Waals surface area contributed by atoms with E-state index in [4.69, 9.17) is 56.4 Å². The summed E-state index contributed by atoms with van der Waals surface area (Å²) >= 11 is 12.5. The third-order valence-electron chi connectivity index (χ3n) is 18.8. The van der Waals surface area contributed by atoms with E-state index in [-0.39, 0.29) is 53.5 Å². The summed E-state index contributed by atoms with van der Waals surface area (Å²) in [6, 6.07) is 5.20. The van der Waals surface area contributed by atoms with Gasteiger partial charge in [-0.05, 0) is 113 Å². The number of aliphatic hydroxyl groups excluding tert-OH is 1. The van der Waals surface area contributed by atoms with Crippen LogP contribution in [0.4, 0.5) is 0 Å². The van der Waals surface area contributed by atoms with Crippen LogP contribution in [-0.4, -0.2) is 149 Å². The molecule has 5 saturated heterocycles. The Morgan fingerprint density at radius 3 is 2.22 bits per heavy atom. The molecule has 0 saturated carbocycles. The number of esters is 2. The molecule has 432 valence electrons. The minimum Gasteiger partial charge on any atom is -0.469 e. The lowest BCUT2D eigenvalue weighted by molar-refractivity contribution is -0.409. The van der Waals surface area contributed by atoms with Gasteiger partial charge in [-0.25, -0.2) is 0 Å². The fourth-order valence-corrected chi connectivity index (χ4v) is 14.1. The topological polar surface area (TPSA) is 180 Å². The predicted octanol–water partition coefficient (Wildman–Crippen LogP) is 9.63. The fourth-order valence-electron chi connectivity index (χ4n) is 13.7. The van der Waals surface area contributed by atoms with Gasteiger partial charge in [-0.15, -0.1) is 0 Å². The summed E-state index contributed by atoms with van der Waals surface area (Å²) in [6.45, 7) is 23.9. The molecule has 1 aromatic rings. The number of ether oxygens (including phenoxy) is 7. The SMILES string of the molecule is CC[C@@H](C(=O)[C@@H](C)[C@@H](O)[C@H](C)[C@@H]1O[C@@H]([C@@H](CC)C(=O)N2CCN(CC(/C=C\c3ccc(Cl)cc3Cl)C(=O)OC)CC2)CC[C@@H]1C)[C@H]1O[C@]2(C=C[C@@H](OC(C)=O)[C@]3(CC[C@@](C)([C@H]4CC[C@](O)(CC)[C@H](C)O4)O3)O2)[C@H](C)C[C@@H]1C. The van der Waals surface area contributed by atoms with Gasteiger partial charge in [-0.3, -0.25) is 24.1 Å². The van der Waals surface area contributed by atoms with Gasteiger partial charge >= 0.3 is 11.9 Å². The van der Waals surface area contributed by atoms with Crippen LogP contribution in [0.3, 0.4) is 0 Å². The Morgan fingerprint density at radius 1 is 0.896 bits per heavy atom. The van der Waals surface area contributed by atoms with Gasteiger partial charge in [-0.1, -0.05) is 96.8 Å². The number of carbonyl (C=O) groups is 4. The lowest BCUT2D eigenvalue weighted by Crippen LogP contribution is -2.63. The van der Waals surface area contributed by atoms with E-state index in [0.29, 0.717) is 101 Å². The quantitative estimate of drug-likeness (QED) is 0.105. The van der Waals surface area contributed by atoms with Crippen LogP contribution in [0.25, 0.3) is 6.08 Å². The predicted molar refractivity (Wildman–Crippen MR) is 295 cm³/mol. The van der Waals surface area contributed by atoms with Gasteiger partial charge < -0.3 is 48.3 Å². The normalized spacial score (nSPS) is 37.3. The third kappa shape index (κ3) is 13.2. The van der Waals surface area contributed by atoms with Crippen LogP contribution >= 0.6 is 23.2 Å². The molecule has 0 aliphatic carbocycles. The minimum absolute atomic E-state index is 0.0386. The van der Waals surface area contributed by atoms with E-state index in [2.05, 4.69) is 25.7 Å². The van der Waals surface area contributed by atoms with E-state index in [0.717, 1.165) is 12.0 Å². The highest BCUT2D eigenvalue weighted by molar-refractivity contribution is 6.35. The van der Waals surface area contributed by atoms with Crippen molar-refractivity contribution in [2.24, 2.45) is 47.3 Å². The van der Waals surface area contributed by atoms with Crippen LogP contribution in [0, 0.1) is 47.3 Å². The number of piperazine rings is 1. The molecular weight excluding hydrogens is 1030 g/mol. The molecule has 0 radical (unpaired) electrons. The second-order valence-corrected chi connectivity index (χ2v) is 24.8. The maximum Gasteiger partial charge on any atom is 0.313 e. The van der Waals surface area contributed by atoms with Crippen LogP contribution in [0.2, 0.25) is 10.0 Å². The first kappa shape index (κ1) is 61.7. The fraction of sp³-hybridized carbons (Fsp3) is 0.767. The van der Waals surface area contributed by atoms with E-state index < -0.39 is 82.9 Å². The Hall–Kier alpha value is -2.96.